The molecule has 0 spiro atoms. The average Bonchev–Trinajstić information content (AvgIpc) is 3.33. The lowest BCUT2D eigenvalue weighted by Crippen LogP contribution is -2.30. The van der Waals surface area contributed by atoms with Gasteiger partial charge < -0.3 is 9.32 Å². The smallest absolute Gasteiger partial charge is 0.293 e. The van der Waals surface area contributed by atoms with E-state index in [9.17, 15) is 9.59 Å². The first kappa shape index (κ1) is 19.3. The third kappa shape index (κ3) is 5.51. The Hall–Kier alpha value is -2.45. The monoisotopic (exact) mass is 447 g/mol. The minimum Gasteiger partial charge on any atom is -0.459 e. The highest BCUT2D eigenvalue weighted by Gasteiger charge is 2.15. The molecule has 140 valence electrons. The summed E-state index contributed by atoms with van der Waals surface area (Å²) in [6, 6.07) is 11.3. The van der Waals surface area contributed by atoms with Gasteiger partial charge in [-0.15, -0.1) is 11.3 Å². The number of anilines is 1. The summed E-state index contributed by atoms with van der Waals surface area (Å²) in [6.45, 7) is 0.632. The van der Waals surface area contributed by atoms with Gasteiger partial charge in [0.2, 0.25) is 5.91 Å². The van der Waals surface area contributed by atoms with Crippen LogP contribution in [-0.2, 0) is 17.6 Å². The lowest BCUT2D eigenvalue weighted by Gasteiger charge is -2.16. The highest BCUT2D eigenvalue weighted by atomic mass is 79.9. The molecule has 8 heteroatoms. The van der Waals surface area contributed by atoms with Crippen molar-refractivity contribution >= 4 is 44.2 Å². The van der Waals surface area contributed by atoms with Crippen LogP contribution in [0.1, 0.15) is 21.8 Å². The van der Waals surface area contributed by atoms with E-state index >= 15 is 0 Å². The van der Waals surface area contributed by atoms with Crippen LogP contribution >= 0.6 is 27.3 Å². The number of rotatable bonds is 7. The van der Waals surface area contributed by atoms with Gasteiger partial charge in [-0.25, -0.2) is 4.98 Å². The number of hydrogen-bond donors (Lipinski definition) is 1. The van der Waals surface area contributed by atoms with E-state index in [0.717, 1.165) is 10.9 Å². The minimum absolute atomic E-state index is 0.0127. The van der Waals surface area contributed by atoms with Gasteiger partial charge >= 0.3 is 0 Å². The fourth-order valence-corrected chi connectivity index (χ4v) is 3.34. The van der Waals surface area contributed by atoms with Crippen LogP contribution in [0.3, 0.4) is 0 Å². The van der Waals surface area contributed by atoms with E-state index in [4.69, 9.17) is 4.42 Å². The van der Waals surface area contributed by atoms with E-state index in [1.165, 1.54) is 23.2 Å². The normalized spacial score (nSPS) is 10.6. The zero-order valence-corrected chi connectivity index (χ0v) is 17.0. The number of likely N-dealkylation sites (N-methyl/N-ethyl adjacent to an activating group) is 1. The first-order valence-electron chi connectivity index (χ1n) is 8.29. The highest BCUT2D eigenvalue weighted by molar-refractivity contribution is 9.10. The number of aromatic nitrogens is 1. The van der Waals surface area contributed by atoms with Gasteiger partial charge in [0, 0.05) is 23.4 Å². The molecular formula is C19H18BrN3O3S. The van der Waals surface area contributed by atoms with Gasteiger partial charge in [-0.3, -0.25) is 14.9 Å². The van der Waals surface area contributed by atoms with Gasteiger partial charge in [0.15, 0.2) is 10.9 Å². The van der Waals surface area contributed by atoms with Crippen LogP contribution in [0.4, 0.5) is 5.13 Å². The molecule has 0 bridgehead atoms. The summed E-state index contributed by atoms with van der Waals surface area (Å²) < 4.78 is 6.08. The van der Waals surface area contributed by atoms with Crippen molar-refractivity contribution in [3.8, 4) is 0 Å². The molecule has 0 saturated carbocycles. The fourth-order valence-electron chi connectivity index (χ4n) is 2.37. The maximum atomic E-state index is 12.4. The number of halogens is 1. The number of furan rings is 1. The first-order chi connectivity index (χ1) is 13.0. The summed E-state index contributed by atoms with van der Waals surface area (Å²) in [6.07, 6.45) is 2.42. The molecule has 27 heavy (non-hydrogen) atoms. The van der Waals surface area contributed by atoms with Crippen molar-refractivity contribution in [2.75, 3.05) is 18.9 Å². The van der Waals surface area contributed by atoms with Crippen molar-refractivity contribution in [2.45, 2.75) is 12.8 Å². The van der Waals surface area contributed by atoms with Crippen molar-refractivity contribution < 1.29 is 14.0 Å². The van der Waals surface area contributed by atoms with Gasteiger partial charge in [0.05, 0.1) is 18.4 Å². The molecule has 2 amide bonds. The largest absolute Gasteiger partial charge is 0.459 e. The van der Waals surface area contributed by atoms with Crippen LogP contribution < -0.4 is 5.32 Å². The second-order valence-electron chi connectivity index (χ2n) is 5.94. The van der Waals surface area contributed by atoms with Gasteiger partial charge in [0.1, 0.15) is 0 Å². The third-order valence-corrected chi connectivity index (χ3v) is 5.26. The number of amides is 2. The fraction of sp³-hybridized carbons (Fsp3) is 0.211. The minimum atomic E-state index is -0.362. The quantitative estimate of drug-likeness (QED) is 0.593. The predicted molar refractivity (Wildman–Crippen MR) is 108 cm³/mol. The molecule has 6 nitrogen and oxygen atoms in total. The van der Waals surface area contributed by atoms with E-state index in [1.54, 1.807) is 29.5 Å². The van der Waals surface area contributed by atoms with Crippen LogP contribution in [-0.4, -0.2) is 35.3 Å². The molecule has 0 unspecified atom stereocenters. The number of thiazole rings is 1. The maximum absolute atomic E-state index is 12.4. The lowest BCUT2D eigenvalue weighted by molar-refractivity contribution is -0.129. The Balaban J connectivity index is 1.49. The SMILES string of the molecule is CN(CCc1ccc(Br)cc1)C(=O)Cc1csc(NC(=O)c2ccco2)n1. The summed E-state index contributed by atoms with van der Waals surface area (Å²) in [7, 11) is 1.78. The van der Waals surface area contributed by atoms with Crippen molar-refractivity contribution in [2.24, 2.45) is 0 Å². The molecule has 0 atom stereocenters. The van der Waals surface area contributed by atoms with E-state index in [-0.39, 0.29) is 24.0 Å². The van der Waals surface area contributed by atoms with Gasteiger partial charge in [-0.05, 0) is 36.2 Å². The molecule has 1 aromatic carbocycles. The molecule has 0 aliphatic heterocycles. The number of nitrogens with zero attached hydrogens (tertiary/aromatic N) is 2. The van der Waals surface area contributed by atoms with Crippen LogP contribution in [0.2, 0.25) is 0 Å². The van der Waals surface area contributed by atoms with Gasteiger partial charge in [-0.2, -0.15) is 0 Å². The molecule has 3 rings (SSSR count). The summed E-state index contributed by atoms with van der Waals surface area (Å²) in [4.78, 5) is 30.3. The van der Waals surface area contributed by atoms with E-state index in [2.05, 4.69) is 26.2 Å². The Morgan fingerprint density at radius 3 is 2.74 bits per heavy atom. The van der Waals surface area contributed by atoms with E-state index < -0.39 is 0 Å². The predicted octanol–water partition coefficient (Wildman–Crippen LogP) is 3.99. The molecule has 0 aliphatic carbocycles. The van der Waals surface area contributed by atoms with Crippen molar-refractivity contribution in [1.82, 2.24) is 9.88 Å². The summed E-state index contributed by atoms with van der Waals surface area (Å²) in [5.41, 5.74) is 1.81. The average molecular weight is 448 g/mol. The van der Waals surface area contributed by atoms with Crippen LogP contribution in [0.15, 0.2) is 56.9 Å². The van der Waals surface area contributed by atoms with Crippen molar-refractivity contribution in [3.05, 3.63) is 69.5 Å². The summed E-state index contributed by atoms with van der Waals surface area (Å²) in [5, 5.41) is 4.88. The summed E-state index contributed by atoms with van der Waals surface area (Å²) >= 11 is 4.69. The van der Waals surface area contributed by atoms with E-state index in [1.807, 2.05) is 24.3 Å². The van der Waals surface area contributed by atoms with Crippen molar-refractivity contribution in [1.29, 1.82) is 0 Å². The maximum Gasteiger partial charge on any atom is 0.293 e. The third-order valence-electron chi connectivity index (χ3n) is 3.92. The molecule has 2 heterocycles. The second kappa shape index (κ2) is 8.96. The zero-order chi connectivity index (χ0) is 19.2. The molecule has 0 aliphatic rings. The lowest BCUT2D eigenvalue weighted by atomic mass is 10.1. The number of nitrogens with one attached hydrogen (secondary N) is 1. The van der Waals surface area contributed by atoms with Crippen molar-refractivity contribution in [3.63, 3.8) is 0 Å². The summed E-state index contributed by atoms with van der Waals surface area (Å²) in [5.74, 6) is -0.157. The highest BCUT2D eigenvalue weighted by Crippen LogP contribution is 2.18. The topological polar surface area (TPSA) is 75.4 Å². The Bertz CT molecular complexity index is 907. The molecule has 1 N–H and O–H groups in total. The molecule has 0 fully saturated rings. The number of carbonyl (C=O) groups is 2. The zero-order valence-electron chi connectivity index (χ0n) is 14.6. The van der Waals surface area contributed by atoms with Crippen LogP contribution in [0.5, 0.6) is 0 Å². The Morgan fingerprint density at radius 1 is 1.26 bits per heavy atom. The number of benzene rings is 1. The van der Waals surface area contributed by atoms with Crippen LogP contribution in [0, 0.1) is 0 Å². The molecule has 0 radical (unpaired) electrons. The molecule has 2 aromatic heterocycles. The van der Waals surface area contributed by atoms with E-state index in [0.29, 0.717) is 17.4 Å². The molecular weight excluding hydrogens is 430 g/mol. The molecule has 3 aromatic rings. The molecule has 0 saturated heterocycles. The first-order valence-corrected chi connectivity index (χ1v) is 9.96. The number of carbonyl (C=O) groups excluding carboxylic acids is 2. The standard InChI is InChI=1S/C19H18BrN3O3S/c1-23(9-8-13-4-6-14(20)7-5-13)17(24)11-15-12-27-19(21-15)22-18(25)16-3-2-10-26-16/h2-7,10,12H,8-9,11H2,1H3,(H,21,22,25). The Morgan fingerprint density at radius 2 is 2.04 bits per heavy atom. The Labute approximate surface area is 169 Å². The van der Waals surface area contributed by atoms with Gasteiger partial charge in [0.25, 0.3) is 5.91 Å². The Kier molecular flexibility index (Phi) is 6.41. The van der Waals surface area contributed by atoms with Gasteiger partial charge in [-0.1, -0.05) is 28.1 Å². The number of hydrogen-bond acceptors (Lipinski definition) is 5. The second-order valence-corrected chi connectivity index (χ2v) is 7.72. The van der Waals surface area contributed by atoms with Crippen LogP contribution in [0.25, 0.3) is 0 Å².